The van der Waals surface area contributed by atoms with Gasteiger partial charge in [-0.2, -0.15) is 0 Å². The zero-order chi connectivity index (χ0) is 15.8. The van der Waals surface area contributed by atoms with Crippen LogP contribution >= 0.6 is 0 Å². The Kier molecular flexibility index (Phi) is 3.87. The van der Waals surface area contributed by atoms with Crippen molar-refractivity contribution < 1.29 is 14.6 Å². The average Bonchev–Trinajstić information content (AvgIpc) is 2.49. The van der Waals surface area contributed by atoms with Gasteiger partial charge in [0.1, 0.15) is 5.60 Å². The highest BCUT2D eigenvalue weighted by Crippen LogP contribution is 2.51. The molecule has 2 bridgehead atoms. The molecule has 1 aromatic rings. The number of nitrogens with two attached hydrogens (primary N) is 1. The van der Waals surface area contributed by atoms with Crippen molar-refractivity contribution >= 4 is 6.09 Å². The van der Waals surface area contributed by atoms with Gasteiger partial charge in [0.25, 0.3) is 0 Å². The molecule has 4 rings (SSSR count). The molecule has 3 aliphatic rings. The van der Waals surface area contributed by atoms with E-state index < -0.39 is 17.8 Å². The molecule has 1 atom stereocenters. The van der Waals surface area contributed by atoms with Crippen molar-refractivity contribution in [1.82, 2.24) is 4.90 Å². The van der Waals surface area contributed by atoms with Crippen LogP contribution in [0.15, 0.2) is 30.3 Å². The highest BCUT2D eigenvalue weighted by Gasteiger charge is 2.57. The lowest BCUT2D eigenvalue weighted by molar-refractivity contribution is -0.179. The maximum atomic E-state index is 11.1. The molecule has 0 aromatic heterocycles. The lowest BCUT2D eigenvalue weighted by atomic mass is 9.61. The van der Waals surface area contributed by atoms with Crippen molar-refractivity contribution in [2.45, 2.75) is 55.9 Å². The van der Waals surface area contributed by atoms with Gasteiger partial charge in [0, 0.05) is 12.1 Å². The topological polar surface area (TPSA) is 75.8 Å². The van der Waals surface area contributed by atoms with Gasteiger partial charge in [0.15, 0.2) is 0 Å². The van der Waals surface area contributed by atoms with Gasteiger partial charge in [-0.1, -0.05) is 30.3 Å². The van der Waals surface area contributed by atoms with E-state index in [2.05, 4.69) is 24.1 Å². The summed E-state index contributed by atoms with van der Waals surface area (Å²) in [5, 5.41) is 10.5. The summed E-state index contributed by atoms with van der Waals surface area (Å²) in [5.41, 5.74) is 5.67. The average molecular weight is 304 g/mol. The van der Waals surface area contributed by atoms with Crippen LogP contribution in [0.2, 0.25) is 0 Å². The molecule has 3 fully saturated rings. The number of benzene rings is 1. The van der Waals surface area contributed by atoms with Crippen molar-refractivity contribution in [3.63, 3.8) is 0 Å². The van der Waals surface area contributed by atoms with E-state index in [-0.39, 0.29) is 5.54 Å². The van der Waals surface area contributed by atoms with Crippen molar-refractivity contribution in [3.8, 4) is 0 Å². The Balaban J connectivity index is 1.73. The van der Waals surface area contributed by atoms with Crippen molar-refractivity contribution in [2.75, 3.05) is 7.05 Å². The second-order valence-corrected chi connectivity index (χ2v) is 6.77. The summed E-state index contributed by atoms with van der Waals surface area (Å²) in [6.45, 7) is 0.858. The molecule has 3 N–H and O–H groups in total. The third-order valence-corrected chi connectivity index (χ3v) is 5.58. The van der Waals surface area contributed by atoms with E-state index in [4.69, 9.17) is 10.5 Å². The van der Waals surface area contributed by atoms with Gasteiger partial charge in [0.05, 0.1) is 6.10 Å². The quantitative estimate of drug-likeness (QED) is 0.892. The van der Waals surface area contributed by atoms with Crippen LogP contribution in [-0.2, 0) is 11.3 Å². The first-order valence-corrected chi connectivity index (χ1v) is 7.88. The monoisotopic (exact) mass is 304 g/mol. The van der Waals surface area contributed by atoms with Crippen LogP contribution in [0, 0.1) is 0 Å². The molecular formula is C17H24N2O3. The molecule has 0 spiro atoms. The minimum atomic E-state index is -0.786. The van der Waals surface area contributed by atoms with Crippen molar-refractivity contribution in [2.24, 2.45) is 5.73 Å². The van der Waals surface area contributed by atoms with Crippen LogP contribution in [0.5, 0.6) is 0 Å². The van der Waals surface area contributed by atoms with E-state index in [0.29, 0.717) is 19.3 Å². The Morgan fingerprint density at radius 1 is 1.32 bits per heavy atom. The summed E-state index contributed by atoms with van der Waals surface area (Å²) in [6.07, 6.45) is 2.39. The summed E-state index contributed by atoms with van der Waals surface area (Å²) < 4.78 is 5.29. The smallest absolute Gasteiger partial charge is 0.405 e. The fraction of sp³-hybridized carbons (Fsp3) is 0.588. The normalized spacial score (nSPS) is 33.9. The fourth-order valence-corrected chi connectivity index (χ4v) is 4.15. The first-order chi connectivity index (χ1) is 10.5. The molecule has 0 radical (unpaired) electrons. The minimum absolute atomic E-state index is 0.0159. The lowest BCUT2D eigenvalue weighted by Gasteiger charge is -2.58. The number of aliphatic hydroxyl groups is 1. The number of hydrogen-bond acceptors (Lipinski definition) is 4. The molecule has 3 saturated carbocycles. The summed E-state index contributed by atoms with van der Waals surface area (Å²) in [7, 11) is 2.12. The molecule has 1 unspecified atom stereocenters. The van der Waals surface area contributed by atoms with Gasteiger partial charge in [0.2, 0.25) is 0 Å². The molecule has 120 valence electrons. The van der Waals surface area contributed by atoms with Gasteiger partial charge in [-0.3, -0.25) is 4.90 Å². The highest BCUT2D eigenvalue weighted by atomic mass is 16.6. The van der Waals surface area contributed by atoms with E-state index >= 15 is 0 Å². The van der Waals surface area contributed by atoms with Crippen molar-refractivity contribution in [3.05, 3.63) is 35.9 Å². The SMILES string of the molecule is CN(Cc1ccccc1)C12CCC(OC(N)=O)(CC1)C(O)C2. The Morgan fingerprint density at radius 3 is 2.50 bits per heavy atom. The molecule has 0 heterocycles. The molecule has 0 aliphatic heterocycles. The number of fused-ring (bicyclic) bond motifs is 3. The summed E-state index contributed by atoms with van der Waals surface area (Å²) in [6, 6.07) is 10.3. The first kappa shape index (κ1) is 15.3. The third kappa shape index (κ3) is 2.59. The Morgan fingerprint density at radius 2 is 1.95 bits per heavy atom. The van der Waals surface area contributed by atoms with E-state index in [9.17, 15) is 9.90 Å². The van der Waals surface area contributed by atoms with Gasteiger partial charge in [-0.05, 0) is 44.7 Å². The lowest BCUT2D eigenvalue weighted by Crippen LogP contribution is -2.65. The molecular weight excluding hydrogens is 280 g/mol. The number of hydrogen-bond donors (Lipinski definition) is 2. The van der Waals surface area contributed by atoms with Crippen LogP contribution in [0.25, 0.3) is 0 Å². The Bertz CT molecular complexity index is 538. The fourth-order valence-electron chi connectivity index (χ4n) is 4.15. The van der Waals surface area contributed by atoms with Crippen LogP contribution in [0.3, 0.4) is 0 Å². The van der Waals surface area contributed by atoms with Crippen molar-refractivity contribution in [1.29, 1.82) is 0 Å². The van der Waals surface area contributed by atoms with Gasteiger partial charge >= 0.3 is 6.09 Å². The molecule has 3 aliphatic carbocycles. The Hall–Kier alpha value is -1.59. The maximum Gasteiger partial charge on any atom is 0.405 e. The van der Waals surface area contributed by atoms with Crippen LogP contribution in [0.4, 0.5) is 4.79 Å². The highest BCUT2D eigenvalue weighted by molar-refractivity contribution is 5.65. The largest absolute Gasteiger partial charge is 0.440 e. The predicted molar refractivity (Wildman–Crippen MR) is 83.1 cm³/mol. The standard InChI is InChI=1S/C17H24N2O3/c1-19(12-13-5-3-2-4-6-13)16-7-9-17(10-8-16,14(20)11-16)22-15(18)21/h2-6,14,20H,7-12H2,1H3,(H2,18,21). The zero-order valence-corrected chi connectivity index (χ0v) is 13.0. The zero-order valence-electron chi connectivity index (χ0n) is 13.0. The number of carbonyl (C=O) groups excluding carboxylic acids is 1. The maximum absolute atomic E-state index is 11.1. The number of rotatable bonds is 4. The number of aliphatic hydroxyl groups excluding tert-OH is 1. The summed E-state index contributed by atoms with van der Waals surface area (Å²) >= 11 is 0. The number of primary amides is 1. The van der Waals surface area contributed by atoms with Gasteiger partial charge in [-0.25, -0.2) is 4.79 Å². The van der Waals surface area contributed by atoms with Gasteiger partial charge < -0.3 is 15.6 Å². The predicted octanol–water partition coefficient (Wildman–Crippen LogP) is 2.03. The van der Waals surface area contributed by atoms with E-state index in [1.807, 2.05) is 18.2 Å². The summed E-state index contributed by atoms with van der Waals surface area (Å²) in [5.74, 6) is 0. The third-order valence-electron chi connectivity index (χ3n) is 5.58. The first-order valence-electron chi connectivity index (χ1n) is 7.88. The van der Waals surface area contributed by atoms with Crippen LogP contribution in [-0.4, -0.2) is 40.4 Å². The second-order valence-electron chi connectivity index (χ2n) is 6.77. The molecule has 1 amide bonds. The van der Waals surface area contributed by atoms with E-state index in [1.54, 1.807) is 0 Å². The van der Waals surface area contributed by atoms with Gasteiger partial charge in [-0.15, -0.1) is 0 Å². The Labute approximate surface area is 131 Å². The molecule has 0 saturated heterocycles. The minimum Gasteiger partial charge on any atom is -0.440 e. The summed E-state index contributed by atoms with van der Waals surface area (Å²) in [4.78, 5) is 13.5. The number of amides is 1. The second kappa shape index (κ2) is 5.56. The number of ether oxygens (including phenoxy) is 1. The number of carbonyl (C=O) groups is 1. The van der Waals surface area contributed by atoms with Crippen LogP contribution < -0.4 is 5.73 Å². The van der Waals surface area contributed by atoms with E-state index in [1.165, 1.54) is 5.56 Å². The number of nitrogens with zero attached hydrogens (tertiary/aromatic N) is 1. The van der Waals surface area contributed by atoms with E-state index in [0.717, 1.165) is 19.4 Å². The van der Waals surface area contributed by atoms with Crippen LogP contribution in [0.1, 0.15) is 37.7 Å². The molecule has 5 heteroatoms. The molecule has 1 aromatic carbocycles. The molecule has 22 heavy (non-hydrogen) atoms. The molecule has 5 nitrogen and oxygen atoms in total.